The second-order valence-corrected chi connectivity index (χ2v) is 8.06. The van der Waals surface area contributed by atoms with Gasteiger partial charge in [0.15, 0.2) is 0 Å². The molecule has 0 radical (unpaired) electrons. The minimum absolute atomic E-state index is 0.102. The first kappa shape index (κ1) is 15.6. The lowest BCUT2D eigenvalue weighted by Crippen LogP contribution is -2.06. The van der Waals surface area contributed by atoms with Gasteiger partial charge in [-0.3, -0.25) is 4.79 Å². The van der Waals surface area contributed by atoms with E-state index in [2.05, 4.69) is 0 Å². The Bertz CT molecular complexity index is 773. The van der Waals surface area contributed by atoms with Crippen molar-refractivity contribution < 1.29 is 15.4 Å². The van der Waals surface area contributed by atoms with Crippen LogP contribution in [-0.4, -0.2) is 22.0 Å². The minimum Gasteiger partial charge on any atom is -0.481 e. The molecule has 0 saturated heterocycles. The third-order valence-corrected chi connectivity index (χ3v) is 5.96. The molecular weight excluding hydrogens is 360 g/mol. The molecule has 0 aliphatic rings. The van der Waals surface area contributed by atoms with Crippen molar-refractivity contribution >= 4 is 29.5 Å². The van der Waals surface area contributed by atoms with Gasteiger partial charge in [-0.05, 0) is 36.0 Å². The molecule has 0 aliphatic carbocycles. The smallest absolute Gasteiger partial charge is 0.303 e. The second kappa shape index (κ2) is 12.9. The summed E-state index contributed by atoms with van der Waals surface area (Å²) in [6, 6.07) is 19.7. The Balaban J connectivity index is 1.98. The average Bonchev–Trinajstić information content (AvgIpc) is 2.69. The zero-order valence-electron chi connectivity index (χ0n) is 18.8. The quantitative estimate of drug-likeness (QED) is 0.437. The van der Waals surface area contributed by atoms with Gasteiger partial charge in [-0.15, -0.1) is 0 Å². The topological polar surface area (TPSA) is 37.3 Å². The van der Waals surface area contributed by atoms with Crippen LogP contribution < -0.4 is 0 Å². The minimum atomic E-state index is -1.79. The van der Waals surface area contributed by atoms with Crippen molar-refractivity contribution in [1.82, 2.24) is 0 Å². The number of rotatable bonds is 13. The van der Waals surface area contributed by atoms with Gasteiger partial charge < -0.3 is 5.11 Å². The van der Waals surface area contributed by atoms with E-state index < -0.39 is 24.5 Å². The van der Waals surface area contributed by atoms with Crippen LogP contribution in [0.25, 0.3) is 0 Å². The summed E-state index contributed by atoms with van der Waals surface area (Å²) in [6.45, 7) is 0. The first-order chi connectivity index (χ1) is 14.2. The first-order valence-corrected chi connectivity index (χ1v) is 10.7. The molecule has 140 valence electrons. The highest BCUT2D eigenvalue weighted by molar-refractivity contribution is 7.99. The van der Waals surface area contributed by atoms with Gasteiger partial charge in [-0.1, -0.05) is 67.1 Å². The molecule has 2 rings (SSSR count). The van der Waals surface area contributed by atoms with Crippen LogP contribution in [0, 0.1) is 0 Å². The van der Waals surface area contributed by atoms with Crippen molar-refractivity contribution in [2.75, 3.05) is 5.70 Å². The molecule has 2 aromatic rings. The molecular formula is C22H28O2S2. The lowest BCUT2D eigenvalue weighted by Gasteiger charge is -2.16. The van der Waals surface area contributed by atoms with Crippen molar-refractivity contribution in [3.8, 4) is 0 Å². The van der Waals surface area contributed by atoms with E-state index in [4.69, 9.17) is 10.6 Å². The molecule has 4 heteroatoms. The van der Waals surface area contributed by atoms with Crippen molar-refractivity contribution in [3.63, 3.8) is 0 Å². The molecule has 2 nitrogen and oxygen atoms in total. The Hall–Kier alpha value is -1.39. The van der Waals surface area contributed by atoms with E-state index in [0.29, 0.717) is 17.9 Å². The van der Waals surface area contributed by atoms with Crippen molar-refractivity contribution in [3.05, 3.63) is 71.8 Å². The van der Waals surface area contributed by atoms with Gasteiger partial charge in [0.25, 0.3) is 0 Å². The van der Waals surface area contributed by atoms with E-state index in [1.165, 1.54) is 11.8 Å². The largest absolute Gasteiger partial charge is 0.481 e. The molecule has 1 unspecified atom stereocenters. The fourth-order valence-electron chi connectivity index (χ4n) is 2.35. The highest BCUT2D eigenvalue weighted by Crippen LogP contribution is 2.27. The van der Waals surface area contributed by atoms with Crippen LogP contribution >= 0.6 is 23.5 Å². The molecule has 0 fully saturated rings. The molecule has 1 atom stereocenters. The maximum Gasteiger partial charge on any atom is 0.303 e. The number of hydrogen-bond donors (Lipinski definition) is 1. The molecule has 0 saturated carbocycles. The van der Waals surface area contributed by atoms with Crippen molar-refractivity contribution in [1.29, 1.82) is 0 Å². The molecule has 0 aliphatic heterocycles. The standard InChI is InChI=1S/C22H28O2S2/c23-22(24)14-8-7-13-21(26-18-20-11-5-2-6-12-20)15-16-25-17-19-9-3-1-4-10-19/h1-6,9-12,21H,7-8,13-18H2,(H,23,24)/i8D2,16D2. The van der Waals surface area contributed by atoms with Crippen LogP contribution in [0.2, 0.25) is 0 Å². The molecule has 26 heavy (non-hydrogen) atoms. The fraction of sp³-hybridized carbons (Fsp3) is 0.409. The van der Waals surface area contributed by atoms with Crippen LogP contribution in [0.15, 0.2) is 60.7 Å². The molecule has 0 heterocycles. The molecule has 0 bridgehead atoms. The van der Waals surface area contributed by atoms with Crippen molar-refractivity contribution in [2.45, 2.75) is 48.8 Å². The van der Waals surface area contributed by atoms with E-state index >= 15 is 0 Å². The summed E-state index contributed by atoms with van der Waals surface area (Å²) in [4.78, 5) is 10.9. The first-order valence-electron chi connectivity index (χ1n) is 10.7. The van der Waals surface area contributed by atoms with Gasteiger partial charge in [0.2, 0.25) is 0 Å². The maximum atomic E-state index is 10.9. The predicted octanol–water partition coefficient (Wildman–Crippen LogP) is 6.26. The van der Waals surface area contributed by atoms with Crippen LogP contribution in [0.3, 0.4) is 0 Å². The fourth-order valence-corrected chi connectivity index (χ4v) is 4.34. The van der Waals surface area contributed by atoms with Crippen LogP contribution in [0.4, 0.5) is 0 Å². The lowest BCUT2D eigenvalue weighted by atomic mass is 10.1. The summed E-state index contributed by atoms with van der Waals surface area (Å²) >= 11 is 2.87. The monoisotopic (exact) mass is 392 g/mol. The highest BCUT2D eigenvalue weighted by atomic mass is 32.2. The van der Waals surface area contributed by atoms with E-state index in [-0.39, 0.29) is 18.1 Å². The summed E-state index contributed by atoms with van der Waals surface area (Å²) in [7, 11) is 0. The van der Waals surface area contributed by atoms with E-state index in [1.54, 1.807) is 11.8 Å². The number of benzene rings is 2. The summed E-state index contributed by atoms with van der Waals surface area (Å²) in [5, 5.41) is 8.82. The zero-order chi connectivity index (χ0) is 22.0. The number of carbonyl (C=O) groups is 1. The van der Waals surface area contributed by atoms with Crippen molar-refractivity contribution in [2.24, 2.45) is 0 Å². The normalized spacial score (nSPS) is 15.4. The zero-order valence-corrected chi connectivity index (χ0v) is 16.4. The number of hydrogen-bond acceptors (Lipinski definition) is 3. The Labute approximate surface area is 171 Å². The van der Waals surface area contributed by atoms with Gasteiger partial charge in [0.05, 0.1) is 0 Å². The summed E-state index contributed by atoms with van der Waals surface area (Å²) in [5.74, 6) is 0.138. The molecule has 0 spiro atoms. The average molecular weight is 393 g/mol. The van der Waals surface area contributed by atoms with E-state index in [0.717, 1.165) is 11.1 Å². The number of carboxylic acids is 1. The second-order valence-electron chi connectivity index (χ2n) is 5.90. The SMILES string of the molecule is [2H]C([2H])(CCC(CC([2H])([2H])SCc1ccccc1)SCc1ccccc1)CC(=O)O. The Kier molecular flexibility index (Phi) is 7.75. The van der Waals surface area contributed by atoms with Crippen LogP contribution in [0.5, 0.6) is 0 Å². The van der Waals surface area contributed by atoms with Gasteiger partial charge >= 0.3 is 5.97 Å². The van der Waals surface area contributed by atoms with E-state index in [1.807, 2.05) is 60.7 Å². The molecule has 0 amide bonds. The highest BCUT2D eigenvalue weighted by Gasteiger charge is 2.10. The van der Waals surface area contributed by atoms with E-state index in [9.17, 15) is 4.79 Å². The summed E-state index contributed by atoms with van der Waals surface area (Å²) < 4.78 is 32.8. The predicted molar refractivity (Wildman–Crippen MR) is 115 cm³/mol. The number of thioether (sulfide) groups is 2. The third-order valence-electron chi connectivity index (χ3n) is 3.74. The van der Waals surface area contributed by atoms with Crippen LogP contribution in [0.1, 0.15) is 48.7 Å². The summed E-state index contributed by atoms with van der Waals surface area (Å²) in [6.07, 6.45) is -1.50. The molecule has 1 N–H and O–H groups in total. The number of aliphatic carboxylic acids is 1. The Morgan fingerprint density at radius 2 is 1.58 bits per heavy atom. The maximum absolute atomic E-state index is 10.9. The lowest BCUT2D eigenvalue weighted by molar-refractivity contribution is -0.137. The van der Waals surface area contributed by atoms with Gasteiger partial charge in [0, 0.05) is 28.7 Å². The third kappa shape index (κ3) is 9.35. The van der Waals surface area contributed by atoms with Gasteiger partial charge in [-0.25, -0.2) is 0 Å². The van der Waals surface area contributed by atoms with Crippen LogP contribution in [-0.2, 0) is 16.3 Å². The molecule has 2 aromatic carbocycles. The van der Waals surface area contributed by atoms with Gasteiger partial charge in [-0.2, -0.15) is 23.5 Å². The van der Waals surface area contributed by atoms with Gasteiger partial charge in [0.1, 0.15) is 0 Å². The Morgan fingerprint density at radius 1 is 0.962 bits per heavy atom. The molecule has 0 aromatic heterocycles. The Morgan fingerprint density at radius 3 is 2.19 bits per heavy atom. The summed E-state index contributed by atoms with van der Waals surface area (Å²) in [5.41, 5.74) is 0.750. The number of carboxylic acid groups (broad SMARTS) is 1.